The topological polar surface area (TPSA) is 57.5 Å². The van der Waals surface area contributed by atoms with E-state index in [9.17, 15) is 9.90 Å². The number of allylic oxidation sites excluding steroid dienone is 1. The van der Waals surface area contributed by atoms with Crippen LogP contribution in [0.15, 0.2) is 29.8 Å². The zero-order chi connectivity index (χ0) is 9.42. The van der Waals surface area contributed by atoms with Gasteiger partial charge < -0.3 is 10.2 Å². The summed E-state index contributed by atoms with van der Waals surface area (Å²) in [6, 6.07) is 6.77. The molecular weight excluding hydrogens is 168 g/mol. The van der Waals surface area contributed by atoms with E-state index in [4.69, 9.17) is 5.11 Å². The predicted molar refractivity (Wildman–Crippen MR) is 47.3 cm³/mol. The van der Waals surface area contributed by atoms with Crippen molar-refractivity contribution in [1.82, 2.24) is 0 Å². The maximum Gasteiger partial charge on any atom is 0.332 e. The van der Waals surface area contributed by atoms with Crippen LogP contribution in [0.1, 0.15) is 12.0 Å². The van der Waals surface area contributed by atoms with Gasteiger partial charge in [0.1, 0.15) is 5.75 Å². The van der Waals surface area contributed by atoms with Gasteiger partial charge in [0.25, 0.3) is 0 Å². The molecule has 0 fully saturated rings. The minimum atomic E-state index is -0.891. The highest BCUT2D eigenvalue weighted by atomic mass is 16.4. The van der Waals surface area contributed by atoms with Gasteiger partial charge in [-0.25, -0.2) is 4.79 Å². The van der Waals surface area contributed by atoms with Gasteiger partial charge in [0, 0.05) is 17.6 Å². The molecule has 2 rings (SSSR count). The minimum absolute atomic E-state index is 0.147. The van der Waals surface area contributed by atoms with E-state index in [1.54, 1.807) is 24.3 Å². The molecule has 0 bridgehead atoms. The number of phenols is 1. The lowest BCUT2D eigenvalue weighted by Gasteiger charge is -1.96. The molecule has 0 saturated heterocycles. The summed E-state index contributed by atoms with van der Waals surface area (Å²) >= 11 is 0. The number of carbonyl (C=O) groups is 1. The van der Waals surface area contributed by atoms with Gasteiger partial charge in [0.05, 0.1) is 0 Å². The van der Waals surface area contributed by atoms with E-state index in [1.807, 2.05) is 0 Å². The SMILES string of the molecule is O=C(O)C1=C(c2ccccc2O)C1. The number of phenolic OH excluding ortho intramolecular Hbond substituents is 1. The fourth-order valence-corrected chi connectivity index (χ4v) is 1.32. The Kier molecular flexibility index (Phi) is 1.59. The molecule has 0 atom stereocenters. The van der Waals surface area contributed by atoms with Crippen LogP contribution in [0, 0.1) is 0 Å². The van der Waals surface area contributed by atoms with Crippen molar-refractivity contribution in [3.05, 3.63) is 35.4 Å². The molecule has 0 heterocycles. The molecule has 3 heteroatoms. The monoisotopic (exact) mass is 176 g/mol. The molecular formula is C10H8O3. The molecule has 66 valence electrons. The third kappa shape index (κ3) is 1.28. The minimum Gasteiger partial charge on any atom is -0.507 e. The first kappa shape index (κ1) is 7.86. The first-order chi connectivity index (χ1) is 6.20. The fraction of sp³-hybridized carbons (Fsp3) is 0.100. The molecule has 1 aliphatic carbocycles. The molecule has 0 radical (unpaired) electrons. The van der Waals surface area contributed by atoms with Gasteiger partial charge in [-0.2, -0.15) is 0 Å². The number of carboxylic acids is 1. The van der Waals surface area contributed by atoms with Crippen molar-refractivity contribution in [2.75, 3.05) is 0 Å². The molecule has 13 heavy (non-hydrogen) atoms. The lowest BCUT2D eigenvalue weighted by molar-refractivity contribution is -0.132. The Morgan fingerprint density at radius 2 is 2.00 bits per heavy atom. The average Bonchev–Trinajstić information content (AvgIpc) is 2.84. The maximum absolute atomic E-state index is 10.5. The van der Waals surface area contributed by atoms with Crippen LogP contribution in [-0.4, -0.2) is 16.2 Å². The zero-order valence-corrected chi connectivity index (χ0v) is 6.82. The summed E-state index contributed by atoms with van der Waals surface area (Å²) in [5.74, 6) is -0.744. The Bertz CT molecular complexity index is 404. The summed E-state index contributed by atoms with van der Waals surface area (Å²) < 4.78 is 0. The smallest absolute Gasteiger partial charge is 0.332 e. The molecule has 0 amide bonds. The highest BCUT2D eigenvalue weighted by Crippen LogP contribution is 2.43. The summed E-state index contributed by atoms with van der Waals surface area (Å²) in [6.45, 7) is 0. The average molecular weight is 176 g/mol. The maximum atomic E-state index is 10.5. The number of rotatable bonds is 2. The largest absolute Gasteiger partial charge is 0.507 e. The normalized spacial score (nSPS) is 14.5. The van der Waals surface area contributed by atoms with E-state index < -0.39 is 5.97 Å². The number of hydrogen-bond donors (Lipinski definition) is 2. The number of carboxylic acid groups (broad SMARTS) is 1. The van der Waals surface area contributed by atoms with Crippen LogP contribution in [0.2, 0.25) is 0 Å². The van der Waals surface area contributed by atoms with E-state index in [2.05, 4.69) is 0 Å². The van der Waals surface area contributed by atoms with Gasteiger partial charge in [-0.15, -0.1) is 0 Å². The third-order valence-electron chi connectivity index (χ3n) is 2.08. The van der Waals surface area contributed by atoms with Gasteiger partial charge in [-0.05, 0) is 11.6 Å². The van der Waals surface area contributed by atoms with Crippen molar-refractivity contribution in [3.63, 3.8) is 0 Å². The Morgan fingerprint density at radius 1 is 1.31 bits per heavy atom. The number of hydrogen-bond acceptors (Lipinski definition) is 2. The molecule has 3 nitrogen and oxygen atoms in total. The van der Waals surface area contributed by atoms with E-state index in [1.165, 1.54) is 0 Å². The van der Waals surface area contributed by atoms with E-state index in [0.717, 1.165) is 5.57 Å². The molecule has 1 aromatic carbocycles. The van der Waals surface area contributed by atoms with Crippen molar-refractivity contribution < 1.29 is 15.0 Å². The van der Waals surface area contributed by atoms with Crippen LogP contribution in [0.4, 0.5) is 0 Å². The zero-order valence-electron chi connectivity index (χ0n) is 6.82. The number of benzene rings is 1. The highest BCUT2D eigenvalue weighted by Gasteiger charge is 2.30. The summed E-state index contributed by atoms with van der Waals surface area (Å²) in [5.41, 5.74) is 1.78. The van der Waals surface area contributed by atoms with Crippen molar-refractivity contribution >= 4 is 11.5 Å². The van der Waals surface area contributed by atoms with Crippen LogP contribution in [0.3, 0.4) is 0 Å². The van der Waals surface area contributed by atoms with E-state index >= 15 is 0 Å². The van der Waals surface area contributed by atoms with Crippen LogP contribution in [-0.2, 0) is 4.79 Å². The fourth-order valence-electron chi connectivity index (χ4n) is 1.32. The van der Waals surface area contributed by atoms with E-state index in [0.29, 0.717) is 17.6 Å². The summed E-state index contributed by atoms with van der Waals surface area (Å²) in [6.07, 6.45) is 0.479. The number of para-hydroxylation sites is 1. The van der Waals surface area contributed by atoms with Gasteiger partial charge in [0.2, 0.25) is 0 Å². The molecule has 0 aromatic heterocycles. The Hall–Kier alpha value is -1.77. The molecule has 2 N–H and O–H groups in total. The highest BCUT2D eigenvalue weighted by molar-refractivity contribution is 6.08. The lowest BCUT2D eigenvalue weighted by atomic mass is 10.1. The summed E-state index contributed by atoms with van der Waals surface area (Å²) in [4.78, 5) is 10.5. The molecule has 0 saturated carbocycles. The van der Waals surface area contributed by atoms with Gasteiger partial charge >= 0.3 is 5.97 Å². The molecule has 0 unspecified atom stereocenters. The standard InChI is InChI=1S/C10H8O3/c11-9-4-2-1-3-6(9)7-5-8(7)10(12)13/h1-4,11H,5H2,(H,12,13). The number of aromatic hydroxyl groups is 1. The molecule has 0 spiro atoms. The van der Waals surface area contributed by atoms with Crippen LogP contribution in [0.25, 0.3) is 5.57 Å². The second-order valence-corrected chi connectivity index (χ2v) is 2.96. The quantitative estimate of drug-likeness (QED) is 0.720. The first-order valence-corrected chi connectivity index (χ1v) is 3.94. The Morgan fingerprint density at radius 3 is 2.54 bits per heavy atom. The second-order valence-electron chi connectivity index (χ2n) is 2.96. The Balaban J connectivity index is 2.40. The van der Waals surface area contributed by atoms with Crippen LogP contribution in [0.5, 0.6) is 5.75 Å². The predicted octanol–water partition coefficient (Wildman–Crippen LogP) is 1.63. The molecule has 1 aromatic rings. The van der Waals surface area contributed by atoms with Crippen molar-refractivity contribution in [3.8, 4) is 5.75 Å². The van der Waals surface area contributed by atoms with Crippen molar-refractivity contribution in [2.24, 2.45) is 0 Å². The van der Waals surface area contributed by atoms with Gasteiger partial charge in [0.15, 0.2) is 0 Å². The van der Waals surface area contributed by atoms with Crippen molar-refractivity contribution in [1.29, 1.82) is 0 Å². The molecule has 0 aliphatic heterocycles. The summed E-state index contributed by atoms with van der Waals surface area (Å²) in [5, 5.41) is 18.0. The Labute approximate surface area is 74.9 Å². The van der Waals surface area contributed by atoms with Crippen molar-refractivity contribution in [2.45, 2.75) is 6.42 Å². The van der Waals surface area contributed by atoms with Gasteiger partial charge in [-0.3, -0.25) is 0 Å². The first-order valence-electron chi connectivity index (χ1n) is 3.94. The lowest BCUT2D eigenvalue weighted by Crippen LogP contribution is -1.88. The summed E-state index contributed by atoms with van der Waals surface area (Å²) in [7, 11) is 0. The van der Waals surface area contributed by atoms with Gasteiger partial charge in [-0.1, -0.05) is 18.2 Å². The molecule has 1 aliphatic rings. The third-order valence-corrected chi connectivity index (χ3v) is 2.08. The van der Waals surface area contributed by atoms with Crippen LogP contribution >= 0.6 is 0 Å². The number of aliphatic carboxylic acids is 1. The second kappa shape index (κ2) is 2.62. The van der Waals surface area contributed by atoms with E-state index in [-0.39, 0.29) is 5.75 Å². The van der Waals surface area contributed by atoms with Crippen LogP contribution < -0.4 is 0 Å².